The first-order chi connectivity index (χ1) is 5.86. The Bertz CT molecular complexity index is 211. The fourth-order valence-electron chi connectivity index (χ4n) is 1.04. The summed E-state index contributed by atoms with van der Waals surface area (Å²) in [4.78, 5) is 0. The van der Waals surface area contributed by atoms with Gasteiger partial charge >= 0.3 is 0 Å². The van der Waals surface area contributed by atoms with Gasteiger partial charge in [-0.25, -0.2) is 0 Å². The van der Waals surface area contributed by atoms with Crippen molar-refractivity contribution in [2.45, 2.75) is 12.5 Å². The standard InChI is InChI=1S/C9H12INO/c10-11-9(7-12)6-8-4-2-1-3-5-8/h1-5,9,11-12H,6-7H2/t9-/m0/s1. The van der Waals surface area contributed by atoms with E-state index >= 15 is 0 Å². The minimum absolute atomic E-state index is 0.160. The van der Waals surface area contributed by atoms with Gasteiger partial charge in [0.25, 0.3) is 0 Å². The number of hydrogen-bond acceptors (Lipinski definition) is 2. The monoisotopic (exact) mass is 277 g/mol. The lowest BCUT2D eigenvalue weighted by atomic mass is 10.1. The predicted molar refractivity (Wildman–Crippen MR) is 58.2 cm³/mol. The molecule has 0 saturated carbocycles. The van der Waals surface area contributed by atoms with Crippen molar-refractivity contribution in [1.29, 1.82) is 0 Å². The van der Waals surface area contributed by atoms with E-state index in [1.807, 2.05) is 18.2 Å². The second kappa shape index (κ2) is 5.50. The van der Waals surface area contributed by atoms with E-state index in [9.17, 15) is 0 Å². The highest BCUT2D eigenvalue weighted by atomic mass is 127. The van der Waals surface area contributed by atoms with Crippen LogP contribution in [0.5, 0.6) is 0 Å². The molecule has 0 spiro atoms. The first-order valence-electron chi connectivity index (χ1n) is 3.87. The Morgan fingerprint density at radius 1 is 1.33 bits per heavy atom. The summed E-state index contributed by atoms with van der Waals surface area (Å²) in [5.74, 6) is 0. The van der Waals surface area contributed by atoms with Gasteiger partial charge in [-0.05, 0) is 12.0 Å². The number of aliphatic hydroxyl groups is 1. The van der Waals surface area contributed by atoms with Gasteiger partial charge in [-0.2, -0.15) is 0 Å². The average Bonchev–Trinajstić information content (AvgIpc) is 2.16. The van der Waals surface area contributed by atoms with Crippen molar-refractivity contribution in [3.8, 4) is 0 Å². The molecule has 0 saturated heterocycles. The van der Waals surface area contributed by atoms with Crippen LogP contribution in [0.2, 0.25) is 0 Å². The third kappa shape index (κ3) is 3.08. The quantitative estimate of drug-likeness (QED) is 0.646. The van der Waals surface area contributed by atoms with Gasteiger partial charge in [-0.1, -0.05) is 30.3 Å². The van der Waals surface area contributed by atoms with Crippen LogP contribution in [0, 0.1) is 0 Å². The van der Waals surface area contributed by atoms with Crippen LogP contribution in [0.3, 0.4) is 0 Å². The normalized spacial score (nSPS) is 12.8. The summed E-state index contributed by atoms with van der Waals surface area (Å²) >= 11 is 2.07. The van der Waals surface area contributed by atoms with E-state index in [1.54, 1.807) is 0 Å². The highest BCUT2D eigenvalue weighted by molar-refractivity contribution is 14.1. The molecule has 0 aliphatic rings. The van der Waals surface area contributed by atoms with E-state index < -0.39 is 0 Å². The van der Waals surface area contributed by atoms with Gasteiger partial charge in [0.15, 0.2) is 0 Å². The van der Waals surface area contributed by atoms with E-state index in [0.717, 1.165) is 6.42 Å². The maximum absolute atomic E-state index is 8.92. The lowest BCUT2D eigenvalue weighted by Crippen LogP contribution is -2.26. The first-order valence-corrected chi connectivity index (χ1v) is 4.95. The molecule has 2 N–H and O–H groups in total. The molecule has 1 atom stereocenters. The van der Waals surface area contributed by atoms with Gasteiger partial charge in [0.2, 0.25) is 0 Å². The van der Waals surface area contributed by atoms with Crippen molar-refractivity contribution in [2.24, 2.45) is 0 Å². The highest BCUT2D eigenvalue weighted by Crippen LogP contribution is 2.03. The fraction of sp³-hybridized carbons (Fsp3) is 0.333. The smallest absolute Gasteiger partial charge is 0.0595 e. The van der Waals surface area contributed by atoms with Gasteiger partial charge in [-0.3, -0.25) is 3.53 Å². The predicted octanol–water partition coefficient (Wildman–Crippen LogP) is 1.53. The SMILES string of the molecule is OC[C@H](Cc1ccccc1)NI. The Hall–Kier alpha value is -0.130. The number of halogens is 1. The van der Waals surface area contributed by atoms with Gasteiger partial charge in [-0.15, -0.1) is 0 Å². The minimum Gasteiger partial charge on any atom is -0.395 e. The summed E-state index contributed by atoms with van der Waals surface area (Å²) in [6.45, 7) is 0.178. The van der Waals surface area contributed by atoms with Gasteiger partial charge in [0.05, 0.1) is 6.61 Å². The molecular weight excluding hydrogens is 265 g/mol. The molecule has 3 heteroatoms. The zero-order chi connectivity index (χ0) is 8.81. The summed E-state index contributed by atoms with van der Waals surface area (Å²) in [6, 6.07) is 10.3. The van der Waals surface area contributed by atoms with E-state index in [1.165, 1.54) is 5.56 Å². The first kappa shape index (κ1) is 9.95. The summed E-state index contributed by atoms with van der Waals surface area (Å²) in [7, 11) is 0. The Balaban J connectivity index is 2.51. The highest BCUT2D eigenvalue weighted by Gasteiger charge is 2.04. The number of nitrogens with one attached hydrogen (secondary N) is 1. The van der Waals surface area contributed by atoms with Crippen molar-refractivity contribution >= 4 is 22.9 Å². The van der Waals surface area contributed by atoms with E-state index in [4.69, 9.17) is 5.11 Å². The lowest BCUT2D eigenvalue weighted by molar-refractivity contribution is 0.261. The molecule has 66 valence electrons. The van der Waals surface area contributed by atoms with Crippen molar-refractivity contribution in [1.82, 2.24) is 3.53 Å². The van der Waals surface area contributed by atoms with Crippen LogP contribution >= 0.6 is 22.9 Å². The van der Waals surface area contributed by atoms with E-state index in [0.29, 0.717) is 0 Å². The average molecular weight is 277 g/mol. The van der Waals surface area contributed by atoms with Crippen LogP contribution in [0.4, 0.5) is 0 Å². The maximum atomic E-state index is 8.92. The summed E-state index contributed by atoms with van der Waals surface area (Å²) in [5, 5.41) is 8.92. The van der Waals surface area contributed by atoms with Gasteiger partial charge in [0.1, 0.15) is 0 Å². The maximum Gasteiger partial charge on any atom is 0.0595 e. The molecule has 0 aromatic heterocycles. The topological polar surface area (TPSA) is 32.3 Å². The molecule has 0 radical (unpaired) electrons. The largest absolute Gasteiger partial charge is 0.395 e. The minimum atomic E-state index is 0.160. The van der Waals surface area contributed by atoms with Crippen molar-refractivity contribution in [2.75, 3.05) is 6.61 Å². The molecule has 1 rings (SSSR count). The summed E-state index contributed by atoms with van der Waals surface area (Å²) in [6.07, 6.45) is 0.875. The summed E-state index contributed by atoms with van der Waals surface area (Å²) in [5.41, 5.74) is 1.25. The fourth-order valence-corrected chi connectivity index (χ4v) is 1.45. The molecule has 0 aliphatic carbocycles. The van der Waals surface area contributed by atoms with Gasteiger partial charge < -0.3 is 5.11 Å². The van der Waals surface area contributed by atoms with Crippen LogP contribution in [-0.4, -0.2) is 17.8 Å². The van der Waals surface area contributed by atoms with Crippen molar-refractivity contribution in [3.05, 3.63) is 35.9 Å². The number of benzene rings is 1. The van der Waals surface area contributed by atoms with Crippen molar-refractivity contribution < 1.29 is 5.11 Å². The molecule has 0 bridgehead atoms. The van der Waals surface area contributed by atoms with Crippen molar-refractivity contribution in [3.63, 3.8) is 0 Å². The lowest BCUT2D eigenvalue weighted by Gasteiger charge is -2.10. The van der Waals surface area contributed by atoms with E-state index in [-0.39, 0.29) is 12.6 Å². The molecule has 0 amide bonds. The van der Waals surface area contributed by atoms with Crippen LogP contribution < -0.4 is 3.53 Å². The molecule has 0 aliphatic heterocycles. The molecule has 1 aromatic carbocycles. The third-order valence-electron chi connectivity index (χ3n) is 1.70. The Morgan fingerprint density at radius 2 is 2.00 bits per heavy atom. The Labute approximate surface area is 86.5 Å². The number of aliphatic hydroxyl groups excluding tert-OH is 1. The zero-order valence-corrected chi connectivity index (χ0v) is 8.86. The number of rotatable bonds is 4. The molecule has 0 heterocycles. The molecule has 0 fully saturated rings. The van der Waals surface area contributed by atoms with Crippen LogP contribution in [0.15, 0.2) is 30.3 Å². The molecule has 12 heavy (non-hydrogen) atoms. The second-order valence-corrected chi connectivity index (χ2v) is 3.30. The third-order valence-corrected chi connectivity index (χ3v) is 2.58. The second-order valence-electron chi connectivity index (χ2n) is 2.68. The molecule has 1 aromatic rings. The van der Waals surface area contributed by atoms with Crippen LogP contribution in [0.1, 0.15) is 5.56 Å². The Kier molecular flexibility index (Phi) is 4.57. The van der Waals surface area contributed by atoms with Crippen LogP contribution in [-0.2, 0) is 6.42 Å². The summed E-state index contributed by atoms with van der Waals surface area (Å²) < 4.78 is 3.02. The number of hydrogen-bond donors (Lipinski definition) is 2. The molecule has 2 nitrogen and oxygen atoms in total. The van der Waals surface area contributed by atoms with Crippen LogP contribution in [0.25, 0.3) is 0 Å². The molecular formula is C9H12INO. The Morgan fingerprint density at radius 3 is 2.50 bits per heavy atom. The molecule has 0 unspecified atom stereocenters. The van der Waals surface area contributed by atoms with Gasteiger partial charge in [0, 0.05) is 28.9 Å². The zero-order valence-electron chi connectivity index (χ0n) is 6.70. The van der Waals surface area contributed by atoms with E-state index in [2.05, 4.69) is 38.5 Å².